The fourth-order valence-corrected chi connectivity index (χ4v) is 5.96. The van der Waals surface area contributed by atoms with E-state index < -0.39 is 39.2 Å². The first-order chi connectivity index (χ1) is 16.8. The average Bonchev–Trinajstić information content (AvgIpc) is 3.12. The summed E-state index contributed by atoms with van der Waals surface area (Å²) >= 11 is 0. The second-order valence-corrected chi connectivity index (χ2v) is 11.4. The van der Waals surface area contributed by atoms with Crippen molar-refractivity contribution in [3.8, 4) is 0 Å². The number of anilines is 2. The van der Waals surface area contributed by atoms with Crippen molar-refractivity contribution >= 4 is 32.7 Å². The molecule has 12 heteroatoms. The van der Waals surface area contributed by atoms with Crippen LogP contribution in [0.1, 0.15) is 63.6 Å². The number of aliphatic hydroxyl groups is 1. The number of pyridine rings is 1. The number of hydrogen-bond donors (Lipinski definition) is 3. The molecule has 3 aromatic rings. The predicted octanol–water partition coefficient (Wildman–Crippen LogP) is 3.94. The quantitative estimate of drug-likeness (QED) is 0.430. The number of halogens is 2. The predicted molar refractivity (Wildman–Crippen MR) is 132 cm³/mol. The molecule has 3 N–H and O–H groups in total. The molecule has 1 aromatic carbocycles. The number of sulfonamides is 1. The second kappa shape index (κ2) is 9.49. The largest absolute Gasteiger partial charge is 0.388 e. The molecule has 0 spiro atoms. The van der Waals surface area contributed by atoms with Crippen LogP contribution in [0.25, 0.3) is 11.0 Å². The van der Waals surface area contributed by atoms with Gasteiger partial charge in [0.05, 0.1) is 22.1 Å². The number of aryl methyl sites for hydroxylation is 1. The Kier molecular flexibility index (Phi) is 6.88. The van der Waals surface area contributed by atoms with Crippen molar-refractivity contribution in [3.05, 3.63) is 51.9 Å². The second-order valence-electron chi connectivity index (χ2n) is 9.69. The Morgan fingerprint density at radius 3 is 2.56 bits per heavy atom. The van der Waals surface area contributed by atoms with Crippen LogP contribution in [-0.2, 0) is 10.0 Å². The Bertz CT molecular complexity index is 1470. The molecule has 0 radical (unpaired) electrons. The lowest BCUT2D eigenvalue weighted by atomic mass is 9.99. The molecule has 4 rings (SSSR count). The normalized spacial score (nSPS) is 20.5. The number of nitrogens with zero attached hydrogens (tertiary/aromatic N) is 3. The smallest absolute Gasteiger partial charge is 0.269 e. The topological polar surface area (TPSA) is 126 Å². The number of nitrogens with one attached hydrogen (secondary N) is 2. The summed E-state index contributed by atoms with van der Waals surface area (Å²) in [5.74, 6) is 0.0945. The molecular weight excluding hydrogens is 492 g/mol. The van der Waals surface area contributed by atoms with Gasteiger partial charge in [-0.25, -0.2) is 26.9 Å². The van der Waals surface area contributed by atoms with Crippen molar-refractivity contribution in [1.82, 2.24) is 19.3 Å². The maximum Gasteiger partial charge on any atom is 0.269 e. The van der Waals surface area contributed by atoms with E-state index in [2.05, 4.69) is 20.0 Å². The van der Waals surface area contributed by atoms with Crippen molar-refractivity contribution in [1.29, 1.82) is 0 Å². The van der Waals surface area contributed by atoms with Crippen molar-refractivity contribution in [2.75, 3.05) is 5.32 Å². The van der Waals surface area contributed by atoms with Gasteiger partial charge in [0.1, 0.15) is 5.65 Å². The van der Waals surface area contributed by atoms with Crippen LogP contribution in [0, 0.1) is 6.92 Å². The van der Waals surface area contributed by atoms with Crippen LogP contribution >= 0.6 is 0 Å². The van der Waals surface area contributed by atoms with Gasteiger partial charge in [0.2, 0.25) is 16.0 Å². The third kappa shape index (κ3) is 4.97. The molecule has 2 aromatic heterocycles. The first-order valence-electron chi connectivity index (χ1n) is 11.6. The lowest BCUT2D eigenvalue weighted by molar-refractivity contribution is 0.0261. The fourth-order valence-electron chi connectivity index (χ4n) is 4.63. The van der Waals surface area contributed by atoms with Crippen LogP contribution in [0.15, 0.2) is 40.2 Å². The number of rotatable bonds is 7. The van der Waals surface area contributed by atoms with E-state index in [1.165, 1.54) is 18.3 Å². The van der Waals surface area contributed by atoms with E-state index >= 15 is 0 Å². The fraction of sp³-hybridized carbons (Fsp3) is 0.458. The van der Waals surface area contributed by atoms with Gasteiger partial charge in [-0.05, 0) is 76.8 Å². The summed E-state index contributed by atoms with van der Waals surface area (Å²) in [6, 6.07) is 4.64. The van der Waals surface area contributed by atoms with Crippen molar-refractivity contribution in [2.24, 2.45) is 0 Å². The number of fused-ring (bicyclic) bond motifs is 1. The van der Waals surface area contributed by atoms with Gasteiger partial charge in [0.15, 0.2) is 0 Å². The maximum absolute atomic E-state index is 13.6. The third-order valence-corrected chi connectivity index (χ3v) is 8.03. The summed E-state index contributed by atoms with van der Waals surface area (Å²) in [5, 5.41) is 14.1. The molecular formula is C24H29F2N5O4S. The number of alkyl halides is 2. The molecule has 0 aliphatic heterocycles. The van der Waals surface area contributed by atoms with Gasteiger partial charge in [-0.3, -0.25) is 9.36 Å². The number of hydrogen-bond acceptors (Lipinski definition) is 7. The van der Waals surface area contributed by atoms with Gasteiger partial charge in [-0.2, -0.15) is 4.98 Å². The molecule has 36 heavy (non-hydrogen) atoms. The van der Waals surface area contributed by atoms with Gasteiger partial charge >= 0.3 is 0 Å². The van der Waals surface area contributed by atoms with Crippen LogP contribution in [0.5, 0.6) is 0 Å². The molecule has 0 saturated heterocycles. The van der Waals surface area contributed by atoms with Gasteiger partial charge in [-0.1, -0.05) is 0 Å². The van der Waals surface area contributed by atoms with Crippen LogP contribution < -0.4 is 15.6 Å². The van der Waals surface area contributed by atoms with Crippen molar-refractivity contribution in [2.45, 2.75) is 76.0 Å². The van der Waals surface area contributed by atoms with Crippen LogP contribution in [-0.4, -0.2) is 39.7 Å². The summed E-state index contributed by atoms with van der Waals surface area (Å²) < 4.78 is 55.9. The maximum atomic E-state index is 13.6. The van der Waals surface area contributed by atoms with E-state index in [0.717, 1.165) is 10.6 Å². The highest BCUT2D eigenvalue weighted by Gasteiger charge is 2.40. The molecule has 0 bridgehead atoms. The molecule has 1 fully saturated rings. The molecule has 1 unspecified atom stereocenters. The van der Waals surface area contributed by atoms with Crippen molar-refractivity contribution in [3.63, 3.8) is 0 Å². The standard InChI is InChI=1S/C24H29F2N5O4S/c1-13(2)30-36(34,35)16-7-8-18(14(3)10-16)28-23-27-12-15-11-17(20(25)26)22(32)31(21(15)29-23)19-6-5-9-24(19,4)33/h7-8,10-13,19-20,30,33H,5-6,9H2,1-4H3,(H,27,28,29)/t19?,24-/m1/s1. The van der Waals surface area contributed by atoms with E-state index in [4.69, 9.17) is 0 Å². The van der Waals surface area contributed by atoms with Crippen molar-refractivity contribution < 1.29 is 22.3 Å². The zero-order chi connectivity index (χ0) is 26.4. The molecule has 9 nitrogen and oxygen atoms in total. The lowest BCUT2D eigenvalue weighted by Crippen LogP contribution is -2.38. The summed E-state index contributed by atoms with van der Waals surface area (Å²) in [6.45, 7) is 6.77. The highest BCUT2D eigenvalue weighted by molar-refractivity contribution is 7.89. The zero-order valence-electron chi connectivity index (χ0n) is 20.4. The SMILES string of the molecule is Cc1cc(S(=O)(=O)NC(C)C)ccc1Nc1ncc2cc(C(F)F)c(=O)n(C3CCC[C@@]3(C)O)c2n1. The molecule has 0 amide bonds. The van der Waals surface area contributed by atoms with Gasteiger partial charge in [0, 0.05) is 23.3 Å². The van der Waals surface area contributed by atoms with Gasteiger partial charge < -0.3 is 10.4 Å². The van der Waals surface area contributed by atoms with Gasteiger partial charge in [-0.15, -0.1) is 0 Å². The lowest BCUT2D eigenvalue weighted by Gasteiger charge is -2.28. The molecule has 1 aliphatic rings. The Balaban J connectivity index is 1.77. The Labute approximate surface area is 207 Å². The third-order valence-electron chi connectivity index (χ3n) is 6.37. The first-order valence-corrected chi connectivity index (χ1v) is 13.1. The number of aromatic nitrogens is 3. The minimum atomic E-state index is -3.67. The van der Waals surface area contributed by atoms with E-state index in [0.29, 0.717) is 30.5 Å². The molecule has 1 aliphatic carbocycles. The Hall–Kier alpha value is -2.96. The first kappa shape index (κ1) is 26.1. The highest BCUT2D eigenvalue weighted by atomic mass is 32.2. The highest BCUT2D eigenvalue weighted by Crippen LogP contribution is 2.40. The van der Waals surface area contributed by atoms with E-state index in [9.17, 15) is 27.1 Å². The summed E-state index contributed by atoms with van der Waals surface area (Å²) in [5.41, 5.74) is -1.54. The minimum absolute atomic E-state index is 0.0945. The average molecular weight is 522 g/mol. The summed E-state index contributed by atoms with van der Waals surface area (Å²) in [7, 11) is -3.67. The molecule has 2 atom stereocenters. The van der Waals surface area contributed by atoms with Crippen LogP contribution in [0.3, 0.4) is 0 Å². The molecule has 194 valence electrons. The van der Waals surface area contributed by atoms with Crippen LogP contribution in [0.4, 0.5) is 20.4 Å². The van der Waals surface area contributed by atoms with Gasteiger partial charge in [0.25, 0.3) is 12.0 Å². The Morgan fingerprint density at radius 1 is 1.25 bits per heavy atom. The zero-order valence-corrected chi connectivity index (χ0v) is 21.2. The number of benzene rings is 1. The summed E-state index contributed by atoms with van der Waals surface area (Å²) in [4.78, 5) is 21.8. The summed E-state index contributed by atoms with van der Waals surface area (Å²) in [6.07, 6.45) is -0.126. The van der Waals surface area contributed by atoms with E-state index in [1.807, 2.05) is 0 Å². The monoisotopic (exact) mass is 521 g/mol. The minimum Gasteiger partial charge on any atom is -0.388 e. The van der Waals surface area contributed by atoms with E-state index in [-0.39, 0.29) is 27.9 Å². The molecule has 2 heterocycles. The van der Waals surface area contributed by atoms with E-state index in [1.54, 1.807) is 33.8 Å². The molecule has 1 saturated carbocycles. The van der Waals surface area contributed by atoms with Crippen LogP contribution in [0.2, 0.25) is 0 Å². The Morgan fingerprint density at radius 2 is 1.97 bits per heavy atom.